The van der Waals surface area contributed by atoms with Crippen LogP contribution in [-0.2, 0) is 9.53 Å². The lowest BCUT2D eigenvalue weighted by Gasteiger charge is -2.35. The van der Waals surface area contributed by atoms with Gasteiger partial charge in [-0.2, -0.15) is 15.5 Å². The lowest BCUT2D eigenvalue weighted by Crippen LogP contribution is -2.51. The molecule has 0 radical (unpaired) electrons. The Bertz CT molecular complexity index is 1610. The van der Waals surface area contributed by atoms with Crippen molar-refractivity contribution in [3.63, 3.8) is 0 Å². The molecule has 2 N–H and O–H groups in total. The fraction of sp³-hybridized carbons (Fsp3) is 0.394. The average Bonchev–Trinajstić information content (AvgIpc) is 3.02. The number of benzene rings is 2. The first kappa shape index (κ1) is 34.0. The highest BCUT2D eigenvalue weighted by atomic mass is 32.2. The standard InChI is InChI=1S/C33H38N8O4S/c1-22-16-25(19-35)17-23(2)29(22)44-30-27(20-37-31(39-30)38-26-8-6-24(18-34)7-9-26)46-21-28(42)36-10-11-40-12-14-41(15-13-40)32(43)45-33(3,4)5/h6-9,16-17,20H,10-15,21H2,1-5H3,(H,36,42)(H,37,38,39). The van der Waals surface area contributed by atoms with E-state index in [1.807, 2.05) is 34.6 Å². The van der Waals surface area contributed by atoms with Gasteiger partial charge in [0.25, 0.3) is 0 Å². The molecule has 0 aliphatic carbocycles. The number of aryl methyl sites for hydroxylation is 2. The van der Waals surface area contributed by atoms with Gasteiger partial charge < -0.3 is 25.0 Å². The summed E-state index contributed by atoms with van der Waals surface area (Å²) in [5, 5.41) is 24.5. The lowest BCUT2D eigenvalue weighted by molar-refractivity contribution is -0.118. The summed E-state index contributed by atoms with van der Waals surface area (Å²) in [4.78, 5) is 38.6. The van der Waals surface area contributed by atoms with Crippen molar-refractivity contribution in [1.29, 1.82) is 10.5 Å². The van der Waals surface area contributed by atoms with Crippen molar-refractivity contribution in [3.05, 3.63) is 64.8 Å². The number of aromatic nitrogens is 2. The van der Waals surface area contributed by atoms with Crippen LogP contribution in [0.1, 0.15) is 43.0 Å². The van der Waals surface area contributed by atoms with Gasteiger partial charge in [-0.05, 0) is 82.1 Å². The van der Waals surface area contributed by atoms with Gasteiger partial charge in [-0.25, -0.2) is 9.78 Å². The predicted molar refractivity (Wildman–Crippen MR) is 175 cm³/mol. The van der Waals surface area contributed by atoms with Gasteiger partial charge in [-0.15, -0.1) is 11.8 Å². The molecule has 240 valence electrons. The number of thioether (sulfide) groups is 1. The SMILES string of the molecule is Cc1cc(C#N)cc(C)c1Oc1nc(Nc2ccc(C#N)cc2)ncc1SCC(=O)NCCN1CCN(C(=O)OC(C)(C)C)CC1. The molecule has 1 aliphatic rings. The van der Waals surface area contributed by atoms with Gasteiger partial charge in [0, 0.05) is 51.2 Å². The third-order valence-corrected chi connectivity index (χ3v) is 7.91. The second-order valence-electron chi connectivity index (χ2n) is 11.8. The summed E-state index contributed by atoms with van der Waals surface area (Å²) in [7, 11) is 0. The number of hydrogen-bond donors (Lipinski definition) is 2. The summed E-state index contributed by atoms with van der Waals surface area (Å²) in [5.41, 5.74) is 2.79. The Morgan fingerprint density at radius 3 is 2.26 bits per heavy atom. The zero-order chi connectivity index (χ0) is 33.3. The van der Waals surface area contributed by atoms with E-state index in [9.17, 15) is 14.9 Å². The Morgan fingerprint density at radius 2 is 1.65 bits per heavy atom. The van der Waals surface area contributed by atoms with Crippen LogP contribution in [0.2, 0.25) is 0 Å². The van der Waals surface area contributed by atoms with E-state index in [0.29, 0.717) is 66.7 Å². The van der Waals surface area contributed by atoms with Crippen LogP contribution in [0.4, 0.5) is 16.4 Å². The van der Waals surface area contributed by atoms with E-state index < -0.39 is 5.60 Å². The number of amides is 2. The monoisotopic (exact) mass is 642 g/mol. The van der Waals surface area contributed by atoms with Crippen LogP contribution >= 0.6 is 11.8 Å². The zero-order valence-corrected chi connectivity index (χ0v) is 27.5. The van der Waals surface area contributed by atoms with Gasteiger partial charge in [-0.1, -0.05) is 0 Å². The Morgan fingerprint density at radius 1 is 1.00 bits per heavy atom. The van der Waals surface area contributed by atoms with Crippen molar-refractivity contribution < 1.29 is 19.1 Å². The second kappa shape index (κ2) is 15.4. The number of ether oxygens (including phenoxy) is 2. The van der Waals surface area contributed by atoms with E-state index in [-0.39, 0.29) is 29.6 Å². The van der Waals surface area contributed by atoms with E-state index in [1.54, 1.807) is 47.5 Å². The van der Waals surface area contributed by atoms with Crippen LogP contribution in [0.15, 0.2) is 47.5 Å². The zero-order valence-electron chi connectivity index (χ0n) is 26.7. The minimum atomic E-state index is -0.526. The number of anilines is 2. The van der Waals surface area contributed by atoms with E-state index in [4.69, 9.17) is 14.7 Å². The molecule has 2 heterocycles. The summed E-state index contributed by atoms with van der Waals surface area (Å²) >= 11 is 1.26. The second-order valence-corrected chi connectivity index (χ2v) is 12.8. The van der Waals surface area contributed by atoms with Gasteiger partial charge in [0.05, 0.1) is 33.9 Å². The summed E-state index contributed by atoms with van der Waals surface area (Å²) < 4.78 is 11.7. The maximum absolute atomic E-state index is 12.8. The van der Waals surface area contributed by atoms with Crippen LogP contribution in [0.5, 0.6) is 11.6 Å². The normalized spacial score (nSPS) is 13.3. The van der Waals surface area contributed by atoms with Crippen molar-refractivity contribution in [2.75, 3.05) is 50.3 Å². The molecule has 2 aromatic carbocycles. The van der Waals surface area contributed by atoms with E-state index in [2.05, 4.69) is 37.6 Å². The molecule has 0 atom stereocenters. The molecule has 46 heavy (non-hydrogen) atoms. The van der Waals surface area contributed by atoms with E-state index >= 15 is 0 Å². The maximum atomic E-state index is 12.8. The highest BCUT2D eigenvalue weighted by Gasteiger charge is 2.25. The number of nitrogens with zero attached hydrogens (tertiary/aromatic N) is 6. The summed E-state index contributed by atoms with van der Waals surface area (Å²) in [5.74, 6) is 1.10. The van der Waals surface area contributed by atoms with Crippen LogP contribution in [-0.4, -0.2) is 82.4 Å². The molecule has 0 spiro atoms. The van der Waals surface area contributed by atoms with Crippen LogP contribution in [0, 0.1) is 36.5 Å². The Balaban J connectivity index is 1.36. The molecular weight excluding hydrogens is 604 g/mol. The number of nitrogens with one attached hydrogen (secondary N) is 2. The van der Waals surface area contributed by atoms with E-state index in [0.717, 1.165) is 11.1 Å². The number of hydrogen-bond acceptors (Lipinski definition) is 11. The molecule has 13 heteroatoms. The van der Waals surface area contributed by atoms with Crippen LogP contribution in [0.25, 0.3) is 0 Å². The number of piperazine rings is 1. The summed E-state index contributed by atoms with van der Waals surface area (Å²) in [6, 6.07) is 14.6. The van der Waals surface area contributed by atoms with Crippen molar-refractivity contribution in [1.82, 2.24) is 25.1 Å². The van der Waals surface area contributed by atoms with Gasteiger partial charge in [0.1, 0.15) is 11.4 Å². The summed E-state index contributed by atoms with van der Waals surface area (Å²) in [6.07, 6.45) is 1.30. The maximum Gasteiger partial charge on any atom is 0.410 e. The average molecular weight is 643 g/mol. The first-order valence-corrected chi connectivity index (χ1v) is 15.9. The topological polar surface area (TPSA) is 156 Å². The smallest absolute Gasteiger partial charge is 0.410 e. The van der Waals surface area contributed by atoms with Crippen LogP contribution in [0.3, 0.4) is 0 Å². The third kappa shape index (κ3) is 9.83. The number of carbonyl (C=O) groups excluding carboxylic acids is 2. The molecule has 1 saturated heterocycles. The van der Waals surface area contributed by atoms with Gasteiger partial charge in [0.15, 0.2) is 0 Å². The van der Waals surface area contributed by atoms with Crippen molar-refractivity contribution in [2.24, 2.45) is 0 Å². The largest absolute Gasteiger partial charge is 0.444 e. The molecule has 4 rings (SSSR count). The Kier molecular flexibility index (Phi) is 11.4. The fourth-order valence-corrected chi connectivity index (χ4v) is 5.37. The molecule has 12 nitrogen and oxygen atoms in total. The fourth-order valence-electron chi connectivity index (χ4n) is 4.65. The number of carbonyl (C=O) groups is 2. The van der Waals surface area contributed by atoms with Gasteiger partial charge in [-0.3, -0.25) is 9.69 Å². The van der Waals surface area contributed by atoms with Gasteiger partial charge in [0.2, 0.25) is 17.7 Å². The Hall–Kier alpha value is -4.85. The van der Waals surface area contributed by atoms with Crippen LogP contribution < -0.4 is 15.4 Å². The first-order valence-electron chi connectivity index (χ1n) is 14.9. The molecular formula is C33H38N8O4S. The quantitative estimate of drug-likeness (QED) is 0.283. The van der Waals surface area contributed by atoms with Crippen molar-refractivity contribution >= 4 is 35.4 Å². The van der Waals surface area contributed by atoms with E-state index in [1.165, 1.54) is 11.8 Å². The molecule has 1 aromatic heterocycles. The highest BCUT2D eigenvalue weighted by molar-refractivity contribution is 8.00. The van der Waals surface area contributed by atoms with Crippen molar-refractivity contribution in [3.8, 4) is 23.8 Å². The summed E-state index contributed by atoms with van der Waals surface area (Å²) in [6.45, 7) is 13.0. The highest BCUT2D eigenvalue weighted by Crippen LogP contribution is 2.35. The predicted octanol–water partition coefficient (Wildman–Crippen LogP) is 5.13. The number of rotatable bonds is 10. The van der Waals surface area contributed by atoms with Crippen molar-refractivity contribution in [2.45, 2.75) is 45.1 Å². The Labute approximate surface area is 273 Å². The van der Waals surface area contributed by atoms with Gasteiger partial charge >= 0.3 is 6.09 Å². The minimum absolute atomic E-state index is 0.125. The minimum Gasteiger partial charge on any atom is -0.444 e. The lowest BCUT2D eigenvalue weighted by atomic mass is 10.1. The molecule has 0 saturated carbocycles. The third-order valence-electron chi connectivity index (χ3n) is 6.91. The first-order chi connectivity index (χ1) is 21.9. The number of nitriles is 2. The molecule has 0 bridgehead atoms. The molecule has 0 unspecified atom stereocenters. The molecule has 3 aromatic rings. The molecule has 1 fully saturated rings. The molecule has 1 aliphatic heterocycles. The molecule has 2 amide bonds.